The van der Waals surface area contributed by atoms with Crippen LogP contribution in [0.4, 0.5) is 0 Å². The maximum absolute atomic E-state index is 13.5. The normalized spacial score (nSPS) is 17.0. The number of hydrogen-bond donors (Lipinski definition) is 1. The molecule has 154 valence electrons. The van der Waals surface area contributed by atoms with Crippen molar-refractivity contribution in [1.82, 2.24) is 28.9 Å². The third-order valence-corrected chi connectivity index (χ3v) is 5.38. The van der Waals surface area contributed by atoms with E-state index in [0.29, 0.717) is 30.2 Å². The average Bonchev–Trinajstić information content (AvgIpc) is 3.38. The molecule has 0 bridgehead atoms. The van der Waals surface area contributed by atoms with Gasteiger partial charge < -0.3 is 14.4 Å². The SMILES string of the molecule is O=C(O)Cc1cn(-c2ncn3c2c(=O)n(CC2CCCCO2)c2ccccc23)nn1. The maximum Gasteiger partial charge on any atom is 0.309 e. The number of fused-ring (bicyclic) bond motifs is 3. The summed E-state index contributed by atoms with van der Waals surface area (Å²) in [5.74, 6) is -0.689. The number of para-hydroxylation sites is 2. The fourth-order valence-electron chi connectivity index (χ4n) is 4.00. The molecule has 30 heavy (non-hydrogen) atoms. The van der Waals surface area contributed by atoms with Gasteiger partial charge in [-0.2, -0.15) is 4.68 Å². The summed E-state index contributed by atoms with van der Waals surface area (Å²) < 4.78 is 10.7. The van der Waals surface area contributed by atoms with E-state index in [1.54, 1.807) is 15.3 Å². The first-order chi connectivity index (χ1) is 14.6. The fourth-order valence-corrected chi connectivity index (χ4v) is 4.00. The van der Waals surface area contributed by atoms with Crippen LogP contribution < -0.4 is 5.56 Å². The van der Waals surface area contributed by atoms with Crippen molar-refractivity contribution in [2.75, 3.05) is 6.61 Å². The lowest BCUT2D eigenvalue weighted by atomic mass is 10.1. The summed E-state index contributed by atoms with van der Waals surface area (Å²) in [6, 6.07) is 7.66. The third kappa shape index (κ3) is 3.14. The van der Waals surface area contributed by atoms with Crippen molar-refractivity contribution < 1.29 is 14.6 Å². The molecule has 1 aliphatic heterocycles. The first-order valence-electron chi connectivity index (χ1n) is 9.85. The Balaban J connectivity index is 1.68. The Bertz CT molecular complexity index is 1300. The van der Waals surface area contributed by atoms with Crippen molar-refractivity contribution in [3.63, 3.8) is 0 Å². The molecule has 10 nitrogen and oxygen atoms in total. The van der Waals surface area contributed by atoms with E-state index in [0.717, 1.165) is 30.3 Å². The van der Waals surface area contributed by atoms with Crippen molar-refractivity contribution in [2.24, 2.45) is 0 Å². The molecule has 0 spiro atoms. The molecule has 1 fully saturated rings. The largest absolute Gasteiger partial charge is 0.481 e. The summed E-state index contributed by atoms with van der Waals surface area (Å²) in [5.41, 5.74) is 2.09. The van der Waals surface area contributed by atoms with E-state index in [1.165, 1.54) is 10.9 Å². The van der Waals surface area contributed by atoms with E-state index in [9.17, 15) is 9.59 Å². The fraction of sp³-hybridized carbons (Fsp3) is 0.350. The number of aromatic nitrogens is 6. The smallest absolute Gasteiger partial charge is 0.309 e. The van der Waals surface area contributed by atoms with Crippen LogP contribution >= 0.6 is 0 Å². The quantitative estimate of drug-likeness (QED) is 0.531. The lowest BCUT2D eigenvalue weighted by molar-refractivity contribution is -0.136. The van der Waals surface area contributed by atoms with Gasteiger partial charge in [0.15, 0.2) is 11.3 Å². The first-order valence-corrected chi connectivity index (χ1v) is 9.85. The molecule has 0 aliphatic carbocycles. The number of rotatable bonds is 5. The van der Waals surface area contributed by atoms with Gasteiger partial charge >= 0.3 is 5.97 Å². The average molecular weight is 408 g/mol. The summed E-state index contributed by atoms with van der Waals surface area (Å²) in [6.45, 7) is 1.17. The molecule has 1 atom stereocenters. The molecule has 0 radical (unpaired) electrons. The molecule has 5 rings (SSSR count). The van der Waals surface area contributed by atoms with Crippen LogP contribution in [0, 0.1) is 0 Å². The number of aliphatic carboxylic acids is 1. The van der Waals surface area contributed by atoms with E-state index >= 15 is 0 Å². The van der Waals surface area contributed by atoms with Crippen molar-refractivity contribution in [3.8, 4) is 5.82 Å². The van der Waals surface area contributed by atoms with Crippen LogP contribution in [-0.2, 0) is 22.5 Å². The highest BCUT2D eigenvalue weighted by Crippen LogP contribution is 2.21. The van der Waals surface area contributed by atoms with E-state index in [1.807, 2.05) is 24.3 Å². The summed E-state index contributed by atoms with van der Waals surface area (Å²) in [7, 11) is 0. The minimum atomic E-state index is -1.00. The minimum absolute atomic E-state index is 0.0118. The molecule has 4 aromatic rings. The van der Waals surface area contributed by atoms with Crippen molar-refractivity contribution >= 4 is 22.5 Å². The second kappa shape index (κ2) is 7.38. The Kier molecular flexibility index (Phi) is 4.55. The number of carbonyl (C=O) groups is 1. The number of nitrogens with zero attached hydrogens (tertiary/aromatic N) is 6. The van der Waals surface area contributed by atoms with E-state index in [4.69, 9.17) is 9.84 Å². The Morgan fingerprint density at radius 3 is 2.83 bits per heavy atom. The highest BCUT2D eigenvalue weighted by atomic mass is 16.5. The molecule has 4 heterocycles. The lowest BCUT2D eigenvalue weighted by Crippen LogP contribution is -2.32. The molecular weight excluding hydrogens is 388 g/mol. The van der Waals surface area contributed by atoms with Crippen LogP contribution in [0.15, 0.2) is 41.6 Å². The van der Waals surface area contributed by atoms with Crippen LogP contribution in [-0.4, -0.2) is 52.7 Å². The van der Waals surface area contributed by atoms with Gasteiger partial charge in [-0.3, -0.25) is 14.0 Å². The highest BCUT2D eigenvalue weighted by molar-refractivity contribution is 5.80. The topological polar surface area (TPSA) is 117 Å². The number of carboxylic acid groups (broad SMARTS) is 1. The van der Waals surface area contributed by atoms with Crippen LogP contribution in [0.2, 0.25) is 0 Å². The van der Waals surface area contributed by atoms with Crippen LogP contribution in [0.1, 0.15) is 25.0 Å². The Hall–Kier alpha value is -3.53. The second-order valence-corrected chi connectivity index (χ2v) is 7.40. The summed E-state index contributed by atoms with van der Waals surface area (Å²) in [5, 5.41) is 16.8. The lowest BCUT2D eigenvalue weighted by Gasteiger charge is -2.24. The van der Waals surface area contributed by atoms with Gasteiger partial charge in [-0.15, -0.1) is 5.10 Å². The number of benzene rings is 1. The minimum Gasteiger partial charge on any atom is -0.481 e. The molecule has 1 saturated heterocycles. The molecule has 1 aromatic carbocycles. The summed E-state index contributed by atoms with van der Waals surface area (Å²) in [6.07, 6.45) is 5.85. The van der Waals surface area contributed by atoms with E-state index in [2.05, 4.69) is 15.3 Å². The zero-order chi connectivity index (χ0) is 20.7. The van der Waals surface area contributed by atoms with Gasteiger partial charge in [-0.05, 0) is 31.4 Å². The van der Waals surface area contributed by atoms with Gasteiger partial charge in [-0.1, -0.05) is 17.3 Å². The predicted octanol–water partition coefficient (Wildman–Crippen LogP) is 1.43. The predicted molar refractivity (Wildman–Crippen MR) is 107 cm³/mol. The summed E-state index contributed by atoms with van der Waals surface area (Å²) >= 11 is 0. The van der Waals surface area contributed by atoms with E-state index in [-0.39, 0.29) is 18.1 Å². The molecule has 0 saturated carbocycles. The Morgan fingerprint density at radius 2 is 2.07 bits per heavy atom. The third-order valence-electron chi connectivity index (χ3n) is 5.38. The van der Waals surface area contributed by atoms with Crippen LogP contribution in [0.3, 0.4) is 0 Å². The molecular formula is C20H20N6O4. The number of imidazole rings is 1. The van der Waals surface area contributed by atoms with Crippen molar-refractivity contribution in [2.45, 2.75) is 38.3 Å². The second-order valence-electron chi connectivity index (χ2n) is 7.40. The molecule has 0 amide bonds. The number of hydrogen-bond acceptors (Lipinski definition) is 6. The van der Waals surface area contributed by atoms with Crippen molar-refractivity contribution in [1.29, 1.82) is 0 Å². The highest BCUT2D eigenvalue weighted by Gasteiger charge is 2.21. The van der Waals surface area contributed by atoms with E-state index < -0.39 is 5.97 Å². The Labute approximate surface area is 170 Å². The van der Waals surface area contributed by atoms with Crippen LogP contribution in [0.5, 0.6) is 0 Å². The zero-order valence-corrected chi connectivity index (χ0v) is 16.1. The molecule has 10 heteroatoms. The van der Waals surface area contributed by atoms with Gasteiger partial charge in [-0.25, -0.2) is 4.98 Å². The van der Waals surface area contributed by atoms with Gasteiger partial charge in [0.2, 0.25) is 0 Å². The molecule has 1 N–H and O–H groups in total. The molecule has 1 unspecified atom stereocenters. The summed E-state index contributed by atoms with van der Waals surface area (Å²) in [4.78, 5) is 28.9. The monoisotopic (exact) mass is 408 g/mol. The van der Waals surface area contributed by atoms with Gasteiger partial charge in [0, 0.05) is 6.61 Å². The number of ether oxygens (including phenoxy) is 1. The van der Waals surface area contributed by atoms with Gasteiger partial charge in [0.1, 0.15) is 6.33 Å². The molecule has 3 aromatic heterocycles. The first kappa shape index (κ1) is 18.5. The Morgan fingerprint density at radius 1 is 1.23 bits per heavy atom. The van der Waals surface area contributed by atoms with Crippen LogP contribution in [0.25, 0.3) is 22.4 Å². The van der Waals surface area contributed by atoms with Crippen molar-refractivity contribution in [3.05, 3.63) is 52.8 Å². The standard InChI is InChI=1S/C20H20N6O4/c27-17(28)9-13-10-26(23-22-13)19-18-20(29)24(11-14-5-3-4-8-30-14)15-6-1-2-7-16(15)25(18)12-21-19/h1-2,6-7,10,12,14H,3-5,8-9,11H2,(H,27,28). The zero-order valence-electron chi connectivity index (χ0n) is 16.1. The number of carboxylic acids is 1. The van der Waals surface area contributed by atoms with Gasteiger partial charge in [0.05, 0.1) is 42.0 Å². The molecule has 1 aliphatic rings. The van der Waals surface area contributed by atoms with Gasteiger partial charge in [0.25, 0.3) is 5.56 Å². The maximum atomic E-state index is 13.5.